The fraction of sp³-hybridized carbons (Fsp3) is 0.682. The molecule has 0 radical (unpaired) electrons. The molecule has 4 saturated heterocycles. The summed E-state index contributed by atoms with van der Waals surface area (Å²) in [6.07, 6.45) is 5.76. The number of carbonyl (C=O) groups excluding carboxylic acids is 1. The van der Waals surface area contributed by atoms with E-state index < -0.39 is 0 Å². The minimum absolute atomic E-state index is 0.111. The first-order valence-corrected chi connectivity index (χ1v) is 10.2. The molecule has 0 aliphatic carbocycles. The van der Waals surface area contributed by atoms with Crippen molar-refractivity contribution in [2.45, 2.75) is 59.0 Å². The molecule has 0 N–H and O–H groups in total. The molecule has 0 atom stereocenters. The van der Waals surface area contributed by atoms with Gasteiger partial charge >= 0.3 is 0 Å². The molecular weight excluding hydrogens is 308 g/mol. The number of nitrogens with zero attached hydrogens (tertiary/aromatic N) is 2. The van der Waals surface area contributed by atoms with Gasteiger partial charge in [-0.2, -0.15) is 0 Å². The molecule has 4 aliphatic heterocycles. The Hall–Kier alpha value is -1.19. The van der Waals surface area contributed by atoms with Crippen molar-refractivity contribution in [2.24, 2.45) is 10.8 Å². The topological polar surface area (TPSA) is 23.6 Å². The Kier molecular flexibility index (Phi) is 4.28. The van der Waals surface area contributed by atoms with E-state index in [2.05, 4.69) is 54.8 Å². The molecule has 0 unspecified atom stereocenters. The number of ketones is 1. The average molecular weight is 341 g/mol. The summed E-state index contributed by atoms with van der Waals surface area (Å²) in [7, 11) is 0. The third-order valence-corrected chi connectivity index (χ3v) is 6.82. The zero-order valence-corrected chi connectivity index (χ0v) is 16.1. The third kappa shape index (κ3) is 2.50. The van der Waals surface area contributed by atoms with Gasteiger partial charge in [0, 0.05) is 26.2 Å². The minimum atomic E-state index is -0.111. The van der Waals surface area contributed by atoms with Gasteiger partial charge in [0.05, 0.1) is 17.0 Å². The van der Waals surface area contributed by atoms with Crippen LogP contribution in [0.1, 0.15) is 63.7 Å². The van der Waals surface area contributed by atoms with Crippen LogP contribution in [0.2, 0.25) is 0 Å². The number of Topliss-reactive ketones (excluding diaryl/α,β-unsaturated/α-hetero) is 1. The second kappa shape index (κ2) is 6.21. The molecule has 4 bridgehead atoms. The van der Waals surface area contributed by atoms with Crippen LogP contribution in [0, 0.1) is 10.8 Å². The predicted molar refractivity (Wildman–Crippen MR) is 101 cm³/mol. The zero-order valence-electron chi connectivity index (χ0n) is 16.1. The number of hydrogen-bond donors (Lipinski definition) is 0. The van der Waals surface area contributed by atoms with E-state index in [1.807, 2.05) is 0 Å². The number of aryl methyl sites for hydroxylation is 1. The highest BCUT2D eigenvalue weighted by Gasteiger charge is 2.64. The van der Waals surface area contributed by atoms with Gasteiger partial charge in [-0.15, -0.1) is 0 Å². The fourth-order valence-corrected chi connectivity index (χ4v) is 6.04. The molecule has 5 rings (SSSR count). The summed E-state index contributed by atoms with van der Waals surface area (Å²) in [6.45, 7) is 10.5. The number of hydrogen-bond acceptors (Lipinski definition) is 3. The maximum Gasteiger partial charge on any atom is 0.150 e. The van der Waals surface area contributed by atoms with E-state index in [1.54, 1.807) is 0 Å². The van der Waals surface area contributed by atoms with Crippen LogP contribution < -0.4 is 0 Å². The number of piperidine rings is 2. The predicted octanol–water partition coefficient (Wildman–Crippen LogP) is 4.03. The van der Waals surface area contributed by atoms with E-state index in [9.17, 15) is 4.79 Å². The van der Waals surface area contributed by atoms with E-state index in [-0.39, 0.29) is 10.8 Å². The third-order valence-electron chi connectivity index (χ3n) is 6.82. The molecule has 136 valence electrons. The van der Waals surface area contributed by atoms with Crippen LogP contribution in [0.4, 0.5) is 0 Å². The highest BCUT2D eigenvalue weighted by atomic mass is 16.1. The molecule has 4 fully saturated rings. The Balaban J connectivity index is 1.69. The Labute approximate surface area is 152 Å². The Bertz CT molecular complexity index is 606. The lowest BCUT2D eigenvalue weighted by atomic mass is 9.57. The Morgan fingerprint density at radius 2 is 1.36 bits per heavy atom. The number of rotatable bonds is 6. The normalized spacial score (nSPS) is 39.2. The van der Waals surface area contributed by atoms with Crippen molar-refractivity contribution in [3.8, 4) is 0 Å². The van der Waals surface area contributed by atoms with E-state index in [4.69, 9.17) is 0 Å². The lowest BCUT2D eigenvalue weighted by molar-refractivity contribution is -0.205. The van der Waals surface area contributed by atoms with E-state index >= 15 is 0 Å². The minimum Gasteiger partial charge on any atom is -0.298 e. The van der Waals surface area contributed by atoms with Crippen LogP contribution in [0.15, 0.2) is 24.3 Å². The second-order valence-electron chi connectivity index (χ2n) is 8.67. The summed E-state index contributed by atoms with van der Waals surface area (Å²) in [4.78, 5) is 18.7. The molecule has 0 saturated carbocycles. The molecule has 3 nitrogen and oxygen atoms in total. The molecule has 0 spiro atoms. The lowest BCUT2D eigenvalue weighted by Gasteiger charge is -2.66. The Morgan fingerprint density at radius 3 is 1.76 bits per heavy atom. The largest absolute Gasteiger partial charge is 0.298 e. The monoisotopic (exact) mass is 340 g/mol. The van der Waals surface area contributed by atoms with Crippen LogP contribution >= 0.6 is 0 Å². The lowest BCUT2D eigenvalue weighted by Crippen LogP contribution is -2.76. The van der Waals surface area contributed by atoms with Gasteiger partial charge in [-0.05, 0) is 30.4 Å². The van der Waals surface area contributed by atoms with Crippen molar-refractivity contribution in [1.29, 1.82) is 0 Å². The highest BCUT2D eigenvalue weighted by Crippen LogP contribution is 2.55. The van der Waals surface area contributed by atoms with Gasteiger partial charge in [-0.1, -0.05) is 57.9 Å². The van der Waals surface area contributed by atoms with Crippen LogP contribution in [0.5, 0.6) is 0 Å². The van der Waals surface area contributed by atoms with Gasteiger partial charge in [0.25, 0.3) is 0 Å². The van der Waals surface area contributed by atoms with Crippen molar-refractivity contribution >= 4 is 5.78 Å². The summed E-state index contributed by atoms with van der Waals surface area (Å²) in [6, 6.07) is 9.17. The average Bonchev–Trinajstić information content (AvgIpc) is 2.60. The van der Waals surface area contributed by atoms with Gasteiger partial charge in [-0.3, -0.25) is 14.6 Å². The number of carbonyl (C=O) groups is 1. The van der Waals surface area contributed by atoms with E-state index in [0.29, 0.717) is 11.9 Å². The molecule has 4 aliphatic rings. The van der Waals surface area contributed by atoms with E-state index in [1.165, 1.54) is 11.1 Å². The molecular formula is C22H32N2O. The first-order chi connectivity index (χ1) is 12.1. The molecule has 3 heteroatoms. The maximum absolute atomic E-state index is 13.5. The van der Waals surface area contributed by atoms with Crippen molar-refractivity contribution < 1.29 is 4.79 Å². The quantitative estimate of drug-likeness (QED) is 0.781. The van der Waals surface area contributed by atoms with Crippen molar-refractivity contribution in [3.05, 3.63) is 35.4 Å². The van der Waals surface area contributed by atoms with Gasteiger partial charge in [0.2, 0.25) is 0 Å². The summed E-state index contributed by atoms with van der Waals surface area (Å²) in [5.41, 5.74) is 2.58. The summed E-state index contributed by atoms with van der Waals surface area (Å²) in [5, 5.41) is 0. The van der Waals surface area contributed by atoms with E-state index in [0.717, 1.165) is 58.3 Å². The van der Waals surface area contributed by atoms with Gasteiger partial charge in [-0.25, -0.2) is 0 Å². The van der Waals surface area contributed by atoms with Gasteiger partial charge < -0.3 is 0 Å². The first-order valence-electron chi connectivity index (χ1n) is 10.2. The van der Waals surface area contributed by atoms with Crippen LogP contribution in [-0.4, -0.2) is 41.8 Å². The molecule has 1 aromatic rings. The summed E-state index contributed by atoms with van der Waals surface area (Å²) < 4.78 is 0. The summed E-state index contributed by atoms with van der Waals surface area (Å²) >= 11 is 0. The zero-order chi connectivity index (χ0) is 17.7. The van der Waals surface area contributed by atoms with Crippen molar-refractivity contribution in [3.63, 3.8) is 0 Å². The molecule has 25 heavy (non-hydrogen) atoms. The van der Waals surface area contributed by atoms with Crippen molar-refractivity contribution in [1.82, 2.24) is 9.80 Å². The fourth-order valence-electron chi connectivity index (χ4n) is 6.04. The molecule has 1 aromatic carbocycles. The maximum atomic E-state index is 13.5. The smallest absolute Gasteiger partial charge is 0.150 e. The van der Waals surface area contributed by atoms with Gasteiger partial charge in [0.15, 0.2) is 0 Å². The highest BCUT2D eigenvalue weighted by molar-refractivity contribution is 5.93. The second-order valence-corrected chi connectivity index (χ2v) is 8.67. The van der Waals surface area contributed by atoms with Crippen LogP contribution in [0.3, 0.4) is 0 Å². The SMILES string of the molecule is CCCC12CN3CC(CCC)(CN(C1)C3c1ccc(CC)cc1)C2=O. The standard InChI is InChI=1S/C22H32N2O/c1-4-11-21-13-23-15-22(12-5-2,20(21)25)16-24(14-21)19(23)18-9-7-17(6-3)8-10-18/h7-10,19H,4-6,11-16H2,1-3H3. The first kappa shape index (κ1) is 17.2. The van der Waals surface area contributed by atoms with Crippen LogP contribution in [-0.2, 0) is 11.2 Å². The molecule has 0 aromatic heterocycles. The number of benzene rings is 1. The molecule has 0 amide bonds. The Morgan fingerprint density at radius 1 is 0.880 bits per heavy atom. The van der Waals surface area contributed by atoms with Crippen LogP contribution in [0.25, 0.3) is 0 Å². The molecule has 4 heterocycles. The van der Waals surface area contributed by atoms with Gasteiger partial charge in [0.1, 0.15) is 5.78 Å². The van der Waals surface area contributed by atoms with Crippen molar-refractivity contribution in [2.75, 3.05) is 26.2 Å². The summed E-state index contributed by atoms with van der Waals surface area (Å²) in [5.74, 6) is 0.594.